The zero-order valence-corrected chi connectivity index (χ0v) is 13.0. The number of amides is 1. The molecule has 4 heteroatoms. The van der Waals surface area contributed by atoms with Crippen LogP contribution < -0.4 is 5.32 Å². The maximum Gasteiger partial charge on any atom is 0.225 e. The van der Waals surface area contributed by atoms with Gasteiger partial charge in [0.2, 0.25) is 5.91 Å². The van der Waals surface area contributed by atoms with E-state index in [2.05, 4.69) is 36.5 Å². The van der Waals surface area contributed by atoms with Gasteiger partial charge in [-0.15, -0.1) is 12.4 Å². The molecule has 0 saturated carbocycles. The third-order valence-corrected chi connectivity index (χ3v) is 3.90. The van der Waals surface area contributed by atoms with Gasteiger partial charge in [-0.1, -0.05) is 30.3 Å². The van der Waals surface area contributed by atoms with E-state index in [0.29, 0.717) is 5.91 Å². The molecule has 1 fully saturated rings. The maximum absolute atomic E-state index is 12.4. The maximum atomic E-state index is 12.4. The fraction of sp³-hybridized carbons (Fsp3) is 0.562. The van der Waals surface area contributed by atoms with Gasteiger partial charge in [0, 0.05) is 19.0 Å². The van der Waals surface area contributed by atoms with Crippen molar-refractivity contribution in [1.29, 1.82) is 0 Å². The summed E-state index contributed by atoms with van der Waals surface area (Å²) in [4.78, 5) is 14.5. The second kappa shape index (κ2) is 8.98. The molecule has 0 aromatic heterocycles. The van der Waals surface area contributed by atoms with Gasteiger partial charge in [-0.2, -0.15) is 0 Å². The zero-order valence-electron chi connectivity index (χ0n) is 12.2. The van der Waals surface area contributed by atoms with Crippen LogP contribution in [0.5, 0.6) is 0 Å². The standard InChI is InChI=1S/C16H24N2O.ClH/c1-2-18(13-10-14-6-4-3-5-7-14)16(19)15-8-11-17-12-9-15;/h3-7,15,17H,2,8-13H2,1H3;1H. The van der Waals surface area contributed by atoms with E-state index in [1.807, 2.05) is 11.0 Å². The van der Waals surface area contributed by atoms with Crippen molar-refractivity contribution in [3.05, 3.63) is 35.9 Å². The van der Waals surface area contributed by atoms with Crippen molar-refractivity contribution in [3.8, 4) is 0 Å². The Bertz CT molecular complexity index is 391. The van der Waals surface area contributed by atoms with Gasteiger partial charge < -0.3 is 10.2 Å². The van der Waals surface area contributed by atoms with E-state index in [9.17, 15) is 4.79 Å². The summed E-state index contributed by atoms with van der Waals surface area (Å²) >= 11 is 0. The van der Waals surface area contributed by atoms with E-state index in [0.717, 1.165) is 45.4 Å². The van der Waals surface area contributed by atoms with Crippen LogP contribution in [0.3, 0.4) is 0 Å². The monoisotopic (exact) mass is 296 g/mol. The number of carbonyl (C=O) groups excluding carboxylic acids is 1. The van der Waals surface area contributed by atoms with Crippen LogP contribution in [0, 0.1) is 5.92 Å². The van der Waals surface area contributed by atoms with E-state index in [1.165, 1.54) is 5.56 Å². The number of halogens is 1. The quantitative estimate of drug-likeness (QED) is 0.905. The average molecular weight is 297 g/mol. The number of hydrogen-bond acceptors (Lipinski definition) is 2. The van der Waals surface area contributed by atoms with Crippen molar-refractivity contribution >= 4 is 18.3 Å². The molecule has 1 amide bonds. The third-order valence-electron chi connectivity index (χ3n) is 3.90. The summed E-state index contributed by atoms with van der Waals surface area (Å²) in [6.07, 6.45) is 2.92. The Morgan fingerprint density at radius 2 is 1.90 bits per heavy atom. The number of hydrogen-bond donors (Lipinski definition) is 1. The molecule has 0 spiro atoms. The highest BCUT2D eigenvalue weighted by molar-refractivity contribution is 5.85. The van der Waals surface area contributed by atoms with Crippen LogP contribution >= 0.6 is 12.4 Å². The summed E-state index contributed by atoms with van der Waals surface area (Å²) < 4.78 is 0. The molecule has 2 rings (SSSR count). The van der Waals surface area contributed by atoms with Crippen molar-refractivity contribution in [3.63, 3.8) is 0 Å². The van der Waals surface area contributed by atoms with Crippen LogP contribution in [0.4, 0.5) is 0 Å². The van der Waals surface area contributed by atoms with Gasteiger partial charge in [-0.25, -0.2) is 0 Å². The van der Waals surface area contributed by atoms with Crippen LogP contribution in [0.2, 0.25) is 0 Å². The molecular weight excluding hydrogens is 272 g/mol. The lowest BCUT2D eigenvalue weighted by molar-refractivity contribution is -0.136. The second-order valence-corrected chi connectivity index (χ2v) is 5.18. The Balaban J connectivity index is 0.00000200. The Labute approximate surface area is 128 Å². The first kappa shape index (κ1) is 17.0. The molecule has 1 aromatic carbocycles. The molecule has 1 aliphatic heterocycles. The van der Waals surface area contributed by atoms with Crippen molar-refractivity contribution in [2.75, 3.05) is 26.2 Å². The molecule has 1 heterocycles. The first-order valence-electron chi connectivity index (χ1n) is 7.34. The SMILES string of the molecule is CCN(CCc1ccccc1)C(=O)C1CCNCC1.Cl. The van der Waals surface area contributed by atoms with E-state index in [4.69, 9.17) is 0 Å². The lowest BCUT2D eigenvalue weighted by Crippen LogP contribution is -2.41. The van der Waals surface area contributed by atoms with Crippen molar-refractivity contribution in [1.82, 2.24) is 10.2 Å². The molecule has 1 saturated heterocycles. The van der Waals surface area contributed by atoms with Crippen molar-refractivity contribution < 1.29 is 4.79 Å². The van der Waals surface area contributed by atoms with E-state index < -0.39 is 0 Å². The summed E-state index contributed by atoms with van der Waals surface area (Å²) in [5, 5.41) is 3.31. The Kier molecular flexibility index (Phi) is 7.63. The number of rotatable bonds is 5. The fourth-order valence-corrected chi connectivity index (χ4v) is 2.66. The van der Waals surface area contributed by atoms with Gasteiger partial charge in [0.1, 0.15) is 0 Å². The van der Waals surface area contributed by atoms with Crippen LogP contribution in [0.15, 0.2) is 30.3 Å². The topological polar surface area (TPSA) is 32.3 Å². The molecule has 0 radical (unpaired) electrons. The number of nitrogens with one attached hydrogen (secondary N) is 1. The molecule has 1 N–H and O–H groups in total. The van der Waals surface area contributed by atoms with Gasteiger partial charge in [-0.3, -0.25) is 4.79 Å². The summed E-state index contributed by atoms with van der Waals surface area (Å²) in [5.74, 6) is 0.580. The zero-order chi connectivity index (χ0) is 13.5. The fourth-order valence-electron chi connectivity index (χ4n) is 2.66. The first-order valence-corrected chi connectivity index (χ1v) is 7.34. The Hall–Kier alpha value is -1.06. The molecule has 0 unspecified atom stereocenters. The minimum atomic E-state index is 0. The highest BCUT2D eigenvalue weighted by Gasteiger charge is 2.24. The predicted octanol–water partition coefficient (Wildman–Crippen LogP) is 2.50. The molecule has 20 heavy (non-hydrogen) atoms. The van der Waals surface area contributed by atoms with Gasteiger partial charge >= 0.3 is 0 Å². The van der Waals surface area contributed by atoms with Crippen LogP contribution in [0.1, 0.15) is 25.3 Å². The highest BCUT2D eigenvalue weighted by Crippen LogP contribution is 2.15. The number of carbonyl (C=O) groups is 1. The second-order valence-electron chi connectivity index (χ2n) is 5.18. The summed E-state index contributed by atoms with van der Waals surface area (Å²) in [6.45, 7) is 5.68. The molecule has 3 nitrogen and oxygen atoms in total. The molecule has 112 valence electrons. The van der Waals surface area contributed by atoms with Crippen molar-refractivity contribution in [2.24, 2.45) is 5.92 Å². The average Bonchev–Trinajstić information content (AvgIpc) is 2.49. The van der Waals surface area contributed by atoms with Crippen LogP contribution in [0.25, 0.3) is 0 Å². The van der Waals surface area contributed by atoms with Crippen molar-refractivity contribution in [2.45, 2.75) is 26.2 Å². The summed E-state index contributed by atoms with van der Waals surface area (Å²) in [5.41, 5.74) is 1.30. The molecule has 1 aromatic rings. The molecule has 0 aliphatic carbocycles. The smallest absolute Gasteiger partial charge is 0.225 e. The largest absolute Gasteiger partial charge is 0.342 e. The number of benzene rings is 1. The number of nitrogens with zero attached hydrogens (tertiary/aromatic N) is 1. The highest BCUT2D eigenvalue weighted by atomic mass is 35.5. The van der Waals surface area contributed by atoms with Crippen LogP contribution in [-0.4, -0.2) is 37.0 Å². The lowest BCUT2D eigenvalue weighted by Gasteiger charge is -2.29. The molecule has 1 aliphatic rings. The molecular formula is C16H25ClN2O. The first-order chi connectivity index (χ1) is 9.31. The van der Waals surface area contributed by atoms with Gasteiger partial charge in [0.25, 0.3) is 0 Å². The van der Waals surface area contributed by atoms with Gasteiger partial charge in [0.15, 0.2) is 0 Å². The van der Waals surface area contributed by atoms with E-state index in [1.54, 1.807) is 0 Å². The third kappa shape index (κ3) is 4.80. The van der Waals surface area contributed by atoms with Crippen LogP contribution in [-0.2, 0) is 11.2 Å². The number of likely N-dealkylation sites (N-methyl/N-ethyl adjacent to an activating group) is 1. The predicted molar refractivity (Wildman–Crippen MR) is 85.2 cm³/mol. The van der Waals surface area contributed by atoms with E-state index >= 15 is 0 Å². The minimum Gasteiger partial charge on any atom is -0.342 e. The molecule has 0 bridgehead atoms. The normalized spacial score (nSPS) is 15.4. The minimum absolute atomic E-state index is 0. The number of piperidine rings is 1. The van der Waals surface area contributed by atoms with Gasteiger partial charge in [-0.05, 0) is 44.8 Å². The lowest BCUT2D eigenvalue weighted by atomic mass is 9.96. The Morgan fingerprint density at radius 1 is 1.25 bits per heavy atom. The molecule has 0 atom stereocenters. The summed E-state index contributed by atoms with van der Waals surface area (Å²) in [7, 11) is 0. The van der Waals surface area contributed by atoms with Gasteiger partial charge in [0.05, 0.1) is 0 Å². The Morgan fingerprint density at radius 3 is 2.50 bits per heavy atom. The summed E-state index contributed by atoms with van der Waals surface area (Å²) in [6, 6.07) is 10.4. The van der Waals surface area contributed by atoms with E-state index in [-0.39, 0.29) is 18.3 Å².